The zero-order chi connectivity index (χ0) is 19.9. The highest BCUT2D eigenvalue weighted by Crippen LogP contribution is 2.33. The maximum atomic E-state index is 13.1. The van der Waals surface area contributed by atoms with E-state index in [0.717, 1.165) is 6.08 Å². The normalized spacial score (nSPS) is 13.6. The molecule has 8 heteroatoms. The molecule has 0 atom stereocenters. The first-order chi connectivity index (χ1) is 13.4. The molecule has 0 fully saturated rings. The average Bonchev–Trinajstić information content (AvgIpc) is 3.12. The quantitative estimate of drug-likeness (QED) is 0.637. The van der Waals surface area contributed by atoms with Gasteiger partial charge in [0, 0.05) is 5.56 Å². The van der Waals surface area contributed by atoms with Crippen LogP contribution in [0.2, 0.25) is 0 Å². The summed E-state index contributed by atoms with van der Waals surface area (Å²) in [7, 11) is -4.15. The second-order valence-corrected chi connectivity index (χ2v) is 7.73. The van der Waals surface area contributed by atoms with Gasteiger partial charge in [0.25, 0.3) is 10.0 Å². The van der Waals surface area contributed by atoms with Gasteiger partial charge in [0.05, 0.1) is 16.2 Å². The summed E-state index contributed by atoms with van der Waals surface area (Å²) in [6, 6.07) is 17.7. The third-order valence-corrected chi connectivity index (χ3v) is 5.89. The Morgan fingerprint density at radius 1 is 0.893 bits per heavy atom. The summed E-state index contributed by atoms with van der Waals surface area (Å²) in [6.07, 6.45) is 1.10. The summed E-state index contributed by atoms with van der Waals surface area (Å²) in [4.78, 5) is 24.8. The van der Waals surface area contributed by atoms with Crippen LogP contribution in [0.1, 0.15) is 16.1 Å². The van der Waals surface area contributed by atoms with Crippen molar-refractivity contribution in [2.24, 2.45) is 0 Å². The van der Waals surface area contributed by atoms with Crippen LogP contribution in [0.25, 0.3) is 17.3 Å². The lowest BCUT2D eigenvalue weighted by atomic mass is 9.92. The molecule has 7 nitrogen and oxygen atoms in total. The highest BCUT2D eigenvalue weighted by Gasteiger charge is 2.37. The average molecular weight is 389 g/mol. The molecule has 4 rings (SSSR count). The number of hydrogen-bond acceptors (Lipinski definition) is 6. The maximum Gasteiger partial charge on any atom is 0.283 e. The number of Topliss-reactive ketones (excluding diaryl/α,β-unsaturated/α-hetero) is 2. The van der Waals surface area contributed by atoms with E-state index in [1.807, 2.05) is 0 Å². The van der Waals surface area contributed by atoms with Gasteiger partial charge in [-0.15, -0.1) is 0 Å². The molecule has 136 valence electrons. The van der Waals surface area contributed by atoms with Crippen molar-refractivity contribution < 1.29 is 18.0 Å². The fourth-order valence-corrected chi connectivity index (χ4v) is 4.25. The van der Waals surface area contributed by atoms with Gasteiger partial charge in [0.1, 0.15) is 17.3 Å². The lowest BCUT2D eigenvalue weighted by Gasteiger charge is -2.10. The molecular weight excluding hydrogens is 378 g/mol. The van der Waals surface area contributed by atoms with E-state index in [1.165, 1.54) is 12.1 Å². The lowest BCUT2D eigenvalue weighted by Crippen LogP contribution is -2.23. The Morgan fingerprint density at radius 2 is 1.50 bits per heavy atom. The Morgan fingerprint density at radius 3 is 2.11 bits per heavy atom. The molecule has 1 aliphatic rings. The van der Waals surface area contributed by atoms with Crippen LogP contribution in [-0.2, 0) is 14.8 Å². The number of aromatic nitrogens is 2. The minimum Gasteiger partial charge on any atom is -0.285 e. The number of ketones is 2. The van der Waals surface area contributed by atoms with Gasteiger partial charge >= 0.3 is 0 Å². The van der Waals surface area contributed by atoms with Gasteiger partial charge < -0.3 is 0 Å². The lowest BCUT2D eigenvalue weighted by molar-refractivity contribution is -0.111. The smallest absolute Gasteiger partial charge is 0.283 e. The zero-order valence-corrected chi connectivity index (χ0v) is 15.1. The van der Waals surface area contributed by atoms with Crippen molar-refractivity contribution in [1.29, 1.82) is 5.26 Å². The van der Waals surface area contributed by atoms with E-state index >= 15 is 0 Å². The summed E-state index contributed by atoms with van der Waals surface area (Å²) < 4.78 is 27.0. The summed E-state index contributed by atoms with van der Waals surface area (Å²) in [6.45, 7) is 0. The Hall–Kier alpha value is -3.83. The van der Waals surface area contributed by atoms with Gasteiger partial charge in [-0.25, -0.2) is 0 Å². The minimum absolute atomic E-state index is 0.0313. The van der Waals surface area contributed by atoms with Crippen LogP contribution in [0.4, 0.5) is 0 Å². The summed E-state index contributed by atoms with van der Waals surface area (Å²) in [5.74, 6) is -1.94. The van der Waals surface area contributed by atoms with Crippen LogP contribution >= 0.6 is 0 Å². The maximum absolute atomic E-state index is 13.1. The highest BCUT2D eigenvalue weighted by molar-refractivity contribution is 7.89. The van der Waals surface area contributed by atoms with Crippen molar-refractivity contribution in [1.82, 2.24) is 9.19 Å². The molecular formula is C20H11N3O4S. The van der Waals surface area contributed by atoms with Crippen molar-refractivity contribution in [3.8, 4) is 17.3 Å². The van der Waals surface area contributed by atoms with Gasteiger partial charge in [-0.2, -0.15) is 22.9 Å². The Bertz CT molecular complexity index is 1300. The summed E-state index contributed by atoms with van der Waals surface area (Å²) in [5.41, 5.74) is -0.113. The molecule has 0 saturated carbocycles. The minimum atomic E-state index is -4.15. The van der Waals surface area contributed by atoms with Gasteiger partial charge in [0.15, 0.2) is 0 Å². The zero-order valence-electron chi connectivity index (χ0n) is 14.2. The van der Waals surface area contributed by atoms with Crippen molar-refractivity contribution in [2.45, 2.75) is 4.90 Å². The molecule has 2 aromatic carbocycles. The molecule has 0 saturated heterocycles. The third kappa shape index (κ3) is 2.57. The first kappa shape index (κ1) is 17.6. The second-order valence-electron chi connectivity index (χ2n) is 5.96. The molecule has 0 N–H and O–H groups in total. The molecule has 0 spiro atoms. The van der Waals surface area contributed by atoms with Gasteiger partial charge in [-0.05, 0) is 18.2 Å². The van der Waals surface area contributed by atoms with E-state index in [-0.39, 0.29) is 21.8 Å². The van der Waals surface area contributed by atoms with Gasteiger partial charge in [0.2, 0.25) is 11.6 Å². The van der Waals surface area contributed by atoms with E-state index < -0.39 is 27.2 Å². The topological polar surface area (TPSA) is 110 Å². The standard InChI is InChI=1S/C20H11N3O4S/c21-12-14-11-16-17(20(25)19(14)24)18(13-7-3-1-4-8-13)22-23(16)28(26,27)15-9-5-2-6-10-15/h1-11H. The number of allylic oxidation sites excluding steroid dienone is 1. The third-order valence-electron chi connectivity index (χ3n) is 4.29. The second kappa shape index (κ2) is 6.40. The van der Waals surface area contributed by atoms with E-state index in [1.54, 1.807) is 54.6 Å². The van der Waals surface area contributed by atoms with E-state index in [2.05, 4.69) is 5.10 Å². The van der Waals surface area contributed by atoms with E-state index in [9.17, 15) is 18.0 Å². The fraction of sp³-hybridized carbons (Fsp3) is 0. The molecule has 0 amide bonds. The molecule has 28 heavy (non-hydrogen) atoms. The van der Waals surface area contributed by atoms with Crippen LogP contribution in [0.3, 0.4) is 0 Å². The number of fused-ring (bicyclic) bond motifs is 1. The predicted molar refractivity (Wildman–Crippen MR) is 99.6 cm³/mol. The highest BCUT2D eigenvalue weighted by atomic mass is 32.2. The number of hydrogen-bond donors (Lipinski definition) is 0. The number of carbonyl (C=O) groups is 2. The van der Waals surface area contributed by atoms with Crippen LogP contribution < -0.4 is 0 Å². The van der Waals surface area contributed by atoms with Crippen molar-refractivity contribution in [3.05, 3.63) is 77.5 Å². The number of nitrogens with zero attached hydrogens (tertiary/aromatic N) is 3. The van der Waals surface area contributed by atoms with Crippen LogP contribution in [0.5, 0.6) is 0 Å². The molecule has 3 aromatic rings. The Balaban J connectivity index is 2.07. The number of carbonyl (C=O) groups excluding carboxylic acids is 2. The fourth-order valence-electron chi connectivity index (χ4n) is 2.96. The number of benzene rings is 2. The van der Waals surface area contributed by atoms with Gasteiger partial charge in [-0.1, -0.05) is 48.5 Å². The van der Waals surface area contributed by atoms with Crippen LogP contribution in [0.15, 0.2) is 71.1 Å². The van der Waals surface area contributed by atoms with E-state index in [0.29, 0.717) is 9.65 Å². The Labute approximate surface area is 160 Å². The van der Waals surface area contributed by atoms with Gasteiger partial charge in [-0.3, -0.25) is 9.59 Å². The first-order valence-electron chi connectivity index (χ1n) is 8.15. The van der Waals surface area contributed by atoms with Crippen molar-refractivity contribution in [3.63, 3.8) is 0 Å². The summed E-state index contributed by atoms with van der Waals surface area (Å²) in [5, 5.41) is 13.3. The molecule has 0 unspecified atom stereocenters. The molecule has 1 heterocycles. The molecule has 1 aliphatic carbocycles. The van der Waals surface area contributed by atoms with Crippen LogP contribution in [0, 0.1) is 11.3 Å². The summed E-state index contributed by atoms with van der Waals surface area (Å²) >= 11 is 0. The molecule has 1 aromatic heterocycles. The van der Waals surface area contributed by atoms with E-state index in [4.69, 9.17) is 5.26 Å². The van der Waals surface area contributed by atoms with Crippen LogP contribution in [-0.4, -0.2) is 29.2 Å². The Kier molecular flexibility index (Phi) is 4.02. The monoisotopic (exact) mass is 389 g/mol. The predicted octanol–water partition coefficient (Wildman–Crippen LogP) is 2.46. The SMILES string of the molecule is N#CC1=Cc2c(c(-c3ccccc3)nn2S(=O)(=O)c2ccccc2)C(=O)C1=O. The first-order valence-corrected chi connectivity index (χ1v) is 9.59. The van der Waals surface area contributed by atoms with Crippen molar-refractivity contribution in [2.75, 3.05) is 0 Å². The molecule has 0 aliphatic heterocycles. The molecule has 0 radical (unpaired) electrons. The van der Waals surface area contributed by atoms with Crippen molar-refractivity contribution >= 4 is 27.7 Å². The molecule has 0 bridgehead atoms. The number of nitriles is 1. The number of rotatable bonds is 3. The largest absolute Gasteiger partial charge is 0.285 e.